The molecule has 1 unspecified atom stereocenters. The van der Waals surface area contributed by atoms with Gasteiger partial charge in [0.25, 0.3) is 0 Å². The molecule has 4 heteroatoms. The second-order valence-electron chi connectivity index (χ2n) is 5.05. The fourth-order valence-electron chi connectivity index (χ4n) is 1.70. The van der Waals surface area contributed by atoms with Gasteiger partial charge in [0.1, 0.15) is 6.10 Å². The summed E-state index contributed by atoms with van der Waals surface area (Å²) in [4.78, 5) is 13.3. The molecule has 1 aromatic heterocycles. The summed E-state index contributed by atoms with van der Waals surface area (Å²) in [6.45, 7) is 8.61. The summed E-state index contributed by atoms with van der Waals surface area (Å²) < 4.78 is 6.65. The van der Waals surface area contributed by atoms with E-state index in [9.17, 15) is 4.79 Å². The number of carbonyl (C=O) groups excluding carboxylic acids is 1. The van der Waals surface area contributed by atoms with Gasteiger partial charge in [0.15, 0.2) is 5.78 Å². The lowest BCUT2D eigenvalue weighted by Gasteiger charge is -2.29. The number of thiophene rings is 1. The van der Waals surface area contributed by atoms with Gasteiger partial charge in [-0.15, -0.1) is 11.3 Å². The molecule has 2 nitrogen and oxygen atoms in total. The van der Waals surface area contributed by atoms with Crippen LogP contribution in [0.2, 0.25) is 0 Å². The molecule has 0 aliphatic carbocycles. The number of rotatable bonds is 5. The molecule has 0 bridgehead atoms. The third-order valence-electron chi connectivity index (χ3n) is 2.39. The highest BCUT2D eigenvalue weighted by Crippen LogP contribution is 2.27. The molecule has 1 heterocycles. The van der Waals surface area contributed by atoms with Gasteiger partial charge in [-0.1, -0.05) is 20.8 Å². The van der Waals surface area contributed by atoms with Crippen LogP contribution in [0.25, 0.3) is 0 Å². The number of carbonyl (C=O) groups is 1. The Morgan fingerprint density at radius 1 is 1.47 bits per heavy atom. The minimum atomic E-state index is -0.326. The molecular weight excluding hydrogens is 300 g/mol. The highest BCUT2D eigenvalue weighted by molar-refractivity contribution is 9.11. The zero-order chi connectivity index (χ0) is 13.1. The van der Waals surface area contributed by atoms with Crippen molar-refractivity contribution in [2.24, 2.45) is 5.41 Å². The molecule has 0 radical (unpaired) electrons. The van der Waals surface area contributed by atoms with Gasteiger partial charge >= 0.3 is 0 Å². The Balaban J connectivity index is 2.72. The molecule has 96 valence electrons. The number of ether oxygens (including phenoxy) is 1. The smallest absolute Gasteiger partial charge is 0.167 e. The first-order chi connectivity index (χ1) is 7.84. The van der Waals surface area contributed by atoms with E-state index < -0.39 is 0 Å². The largest absolute Gasteiger partial charge is 0.370 e. The summed E-state index contributed by atoms with van der Waals surface area (Å²) in [6.07, 6.45) is 0.131. The minimum Gasteiger partial charge on any atom is -0.370 e. The maximum absolute atomic E-state index is 12.2. The Morgan fingerprint density at radius 2 is 2.12 bits per heavy atom. The van der Waals surface area contributed by atoms with Gasteiger partial charge in [-0.3, -0.25) is 4.79 Å². The summed E-state index contributed by atoms with van der Waals surface area (Å²) in [6, 6.07) is 3.96. The van der Waals surface area contributed by atoms with E-state index in [4.69, 9.17) is 4.74 Å². The van der Waals surface area contributed by atoms with Crippen molar-refractivity contribution in [3.8, 4) is 0 Å². The molecule has 0 spiro atoms. The number of ketones is 1. The first-order valence-electron chi connectivity index (χ1n) is 5.73. The third kappa shape index (κ3) is 4.53. The van der Waals surface area contributed by atoms with Crippen LogP contribution >= 0.6 is 27.3 Å². The van der Waals surface area contributed by atoms with Gasteiger partial charge in [0, 0.05) is 17.9 Å². The van der Waals surface area contributed by atoms with Gasteiger partial charge in [-0.25, -0.2) is 0 Å². The average molecular weight is 319 g/mol. The van der Waals surface area contributed by atoms with Crippen molar-refractivity contribution in [1.82, 2.24) is 0 Å². The molecule has 0 amide bonds. The van der Waals surface area contributed by atoms with Crippen molar-refractivity contribution in [1.29, 1.82) is 0 Å². The van der Waals surface area contributed by atoms with Crippen molar-refractivity contribution in [3.63, 3.8) is 0 Å². The molecule has 0 fully saturated rings. The van der Waals surface area contributed by atoms with Gasteiger partial charge in [0.05, 0.1) is 3.79 Å². The maximum Gasteiger partial charge on any atom is 0.167 e. The molecule has 1 rings (SSSR count). The fraction of sp³-hybridized carbons (Fsp3) is 0.615. The van der Waals surface area contributed by atoms with E-state index in [-0.39, 0.29) is 17.3 Å². The quantitative estimate of drug-likeness (QED) is 0.818. The van der Waals surface area contributed by atoms with E-state index in [0.717, 1.165) is 8.66 Å². The lowest BCUT2D eigenvalue weighted by Crippen LogP contribution is -2.37. The molecule has 17 heavy (non-hydrogen) atoms. The molecule has 0 aliphatic heterocycles. The summed E-state index contributed by atoms with van der Waals surface area (Å²) in [7, 11) is 0. The standard InChI is InChI=1S/C13H19BrO2S/c1-5-16-12(13(2,3)4)10(15)8-9-6-7-11(14)17-9/h6-7,12H,5,8H2,1-4H3. The lowest BCUT2D eigenvalue weighted by molar-refractivity contribution is -0.136. The Bertz CT molecular complexity index is 379. The Morgan fingerprint density at radius 3 is 2.53 bits per heavy atom. The Kier molecular flexibility index (Phi) is 5.35. The van der Waals surface area contributed by atoms with Crippen LogP contribution in [-0.4, -0.2) is 18.5 Å². The predicted molar refractivity (Wildman–Crippen MR) is 75.6 cm³/mol. The summed E-state index contributed by atoms with van der Waals surface area (Å²) in [5, 5.41) is 0. The zero-order valence-corrected chi connectivity index (χ0v) is 13.2. The van der Waals surface area contributed by atoms with Crippen LogP contribution in [-0.2, 0) is 16.0 Å². The van der Waals surface area contributed by atoms with Gasteiger partial charge < -0.3 is 4.74 Å². The van der Waals surface area contributed by atoms with E-state index >= 15 is 0 Å². The predicted octanol–water partition coefficient (Wildman–Crippen LogP) is 4.07. The second-order valence-corrected chi connectivity index (χ2v) is 7.60. The molecule has 0 saturated heterocycles. The lowest BCUT2D eigenvalue weighted by atomic mass is 9.85. The monoisotopic (exact) mass is 318 g/mol. The summed E-state index contributed by atoms with van der Waals surface area (Å²) in [5.41, 5.74) is -0.151. The minimum absolute atomic E-state index is 0.151. The second kappa shape index (κ2) is 6.12. The highest BCUT2D eigenvalue weighted by atomic mass is 79.9. The molecule has 0 aromatic carbocycles. The Hall–Kier alpha value is -0.190. The number of hydrogen-bond donors (Lipinski definition) is 0. The maximum atomic E-state index is 12.2. The first-order valence-corrected chi connectivity index (χ1v) is 7.34. The molecular formula is C13H19BrO2S. The van der Waals surface area contributed by atoms with Gasteiger partial charge in [-0.2, -0.15) is 0 Å². The molecule has 1 atom stereocenters. The van der Waals surface area contributed by atoms with Crippen LogP contribution in [0.5, 0.6) is 0 Å². The van der Waals surface area contributed by atoms with Crippen molar-refractivity contribution in [3.05, 3.63) is 20.8 Å². The molecule has 1 aromatic rings. The fourth-order valence-corrected chi connectivity index (χ4v) is 3.20. The van der Waals surface area contributed by atoms with E-state index in [0.29, 0.717) is 13.0 Å². The van der Waals surface area contributed by atoms with Crippen molar-refractivity contribution in [2.75, 3.05) is 6.61 Å². The first kappa shape index (κ1) is 14.9. The normalized spacial score (nSPS) is 13.7. The highest BCUT2D eigenvalue weighted by Gasteiger charge is 2.31. The van der Waals surface area contributed by atoms with E-state index in [2.05, 4.69) is 15.9 Å². The molecule has 0 saturated carbocycles. The number of Topliss-reactive ketones (excluding diaryl/α,β-unsaturated/α-hetero) is 1. The van der Waals surface area contributed by atoms with E-state index in [1.54, 1.807) is 11.3 Å². The SMILES string of the molecule is CCOC(C(=O)Cc1ccc(Br)s1)C(C)(C)C. The van der Waals surface area contributed by atoms with Crippen LogP contribution in [0.4, 0.5) is 0 Å². The number of hydrogen-bond acceptors (Lipinski definition) is 3. The van der Waals surface area contributed by atoms with Gasteiger partial charge in [-0.05, 0) is 40.4 Å². The number of halogens is 1. The summed E-state index contributed by atoms with van der Waals surface area (Å²) in [5.74, 6) is 0.161. The third-order valence-corrected chi connectivity index (χ3v) is 4.01. The van der Waals surface area contributed by atoms with E-state index in [1.807, 2.05) is 39.8 Å². The van der Waals surface area contributed by atoms with Crippen LogP contribution in [0.1, 0.15) is 32.6 Å². The molecule has 0 N–H and O–H groups in total. The van der Waals surface area contributed by atoms with Crippen LogP contribution in [0, 0.1) is 5.41 Å². The topological polar surface area (TPSA) is 26.3 Å². The van der Waals surface area contributed by atoms with E-state index in [1.165, 1.54) is 0 Å². The zero-order valence-electron chi connectivity index (χ0n) is 10.7. The summed E-state index contributed by atoms with van der Waals surface area (Å²) >= 11 is 5.01. The van der Waals surface area contributed by atoms with Crippen LogP contribution < -0.4 is 0 Å². The van der Waals surface area contributed by atoms with Crippen molar-refractivity contribution in [2.45, 2.75) is 40.2 Å². The Labute approximate surface area is 115 Å². The van der Waals surface area contributed by atoms with Gasteiger partial charge in [0.2, 0.25) is 0 Å². The van der Waals surface area contributed by atoms with Crippen LogP contribution in [0.3, 0.4) is 0 Å². The average Bonchev–Trinajstić information content (AvgIpc) is 2.58. The van der Waals surface area contributed by atoms with Crippen LogP contribution in [0.15, 0.2) is 15.9 Å². The van der Waals surface area contributed by atoms with Crippen molar-refractivity contribution < 1.29 is 9.53 Å². The van der Waals surface area contributed by atoms with Crippen molar-refractivity contribution >= 4 is 33.0 Å². The molecule has 0 aliphatic rings.